The number of benzene rings is 1. The fraction of sp³-hybridized carbons (Fsp3) is 0.154. The molecule has 1 aliphatic carbocycles. The van der Waals surface area contributed by atoms with Crippen LogP contribution in [0.3, 0.4) is 0 Å². The van der Waals surface area contributed by atoms with Crippen molar-refractivity contribution >= 4 is 17.3 Å². The molecule has 0 fully saturated rings. The molecule has 0 unspecified atom stereocenters. The van der Waals surface area contributed by atoms with Crippen LogP contribution >= 0.6 is 11.3 Å². The highest BCUT2D eigenvalue weighted by molar-refractivity contribution is 7.14. The van der Waals surface area contributed by atoms with Crippen molar-refractivity contribution in [2.75, 3.05) is 0 Å². The van der Waals surface area contributed by atoms with Crippen LogP contribution in [0.25, 0.3) is 11.1 Å². The van der Waals surface area contributed by atoms with Crippen molar-refractivity contribution in [3.8, 4) is 11.1 Å². The van der Waals surface area contributed by atoms with Crippen molar-refractivity contribution in [1.29, 1.82) is 0 Å². The zero-order valence-electron chi connectivity index (χ0n) is 8.56. The van der Waals surface area contributed by atoms with E-state index in [1.165, 1.54) is 27.3 Å². The van der Waals surface area contributed by atoms with Gasteiger partial charge in [-0.15, -0.1) is 11.3 Å². The Morgan fingerprint density at radius 2 is 2.00 bits per heavy atom. The average molecular weight is 230 g/mol. The monoisotopic (exact) mass is 230 g/mol. The molecular formula is C13H10O2S. The predicted molar refractivity (Wildman–Crippen MR) is 64.1 cm³/mol. The molecule has 0 bridgehead atoms. The van der Waals surface area contributed by atoms with E-state index in [9.17, 15) is 4.79 Å². The van der Waals surface area contributed by atoms with Crippen LogP contribution in [0.1, 0.15) is 20.1 Å². The molecule has 3 rings (SSSR count). The molecule has 1 aromatic carbocycles. The zero-order valence-corrected chi connectivity index (χ0v) is 9.38. The molecular weight excluding hydrogens is 220 g/mol. The minimum absolute atomic E-state index is 0.446. The second-order valence-corrected chi connectivity index (χ2v) is 5.05. The van der Waals surface area contributed by atoms with Gasteiger partial charge < -0.3 is 5.11 Å². The van der Waals surface area contributed by atoms with Crippen molar-refractivity contribution in [2.24, 2.45) is 0 Å². The molecule has 1 aliphatic rings. The first-order valence-electron chi connectivity index (χ1n) is 5.20. The van der Waals surface area contributed by atoms with E-state index in [-0.39, 0.29) is 0 Å². The zero-order chi connectivity index (χ0) is 11.1. The summed E-state index contributed by atoms with van der Waals surface area (Å²) in [6.07, 6.45) is 1.98. The standard InChI is InChI=1S/C13H10O2S/c14-13(15)12-7-10-9-4-2-1-3-8(9)5-6-11(10)16-12/h1-4,7H,5-6H2,(H,14,15). The first kappa shape index (κ1) is 9.60. The van der Waals surface area contributed by atoms with Crippen molar-refractivity contribution < 1.29 is 9.90 Å². The van der Waals surface area contributed by atoms with Crippen LogP contribution in [0.4, 0.5) is 0 Å². The van der Waals surface area contributed by atoms with E-state index in [2.05, 4.69) is 12.1 Å². The Morgan fingerprint density at radius 1 is 1.19 bits per heavy atom. The molecule has 1 aromatic heterocycles. The van der Waals surface area contributed by atoms with Gasteiger partial charge in [0.15, 0.2) is 0 Å². The molecule has 2 nitrogen and oxygen atoms in total. The quantitative estimate of drug-likeness (QED) is 0.816. The Hall–Kier alpha value is -1.61. The molecule has 3 heteroatoms. The summed E-state index contributed by atoms with van der Waals surface area (Å²) in [6, 6.07) is 10.0. The third kappa shape index (κ3) is 1.36. The number of hydrogen-bond acceptors (Lipinski definition) is 2. The lowest BCUT2D eigenvalue weighted by atomic mass is 9.91. The number of rotatable bonds is 1. The van der Waals surface area contributed by atoms with E-state index in [1.54, 1.807) is 6.07 Å². The van der Waals surface area contributed by atoms with Crippen LogP contribution in [0.15, 0.2) is 30.3 Å². The topological polar surface area (TPSA) is 37.3 Å². The SMILES string of the molecule is O=C(O)c1cc2c(s1)CCc1ccccc1-2. The molecule has 0 spiro atoms. The summed E-state index contributed by atoms with van der Waals surface area (Å²) in [7, 11) is 0. The van der Waals surface area contributed by atoms with Crippen LogP contribution in [-0.2, 0) is 12.8 Å². The normalized spacial score (nSPS) is 13.0. The summed E-state index contributed by atoms with van der Waals surface area (Å²) in [6.45, 7) is 0. The molecule has 0 saturated carbocycles. The molecule has 1 heterocycles. The number of carboxylic acid groups (broad SMARTS) is 1. The maximum absolute atomic E-state index is 10.9. The van der Waals surface area contributed by atoms with Gasteiger partial charge in [-0.05, 0) is 35.6 Å². The fourth-order valence-corrected chi connectivity index (χ4v) is 3.21. The Balaban J connectivity index is 2.20. The van der Waals surface area contributed by atoms with E-state index in [1.807, 2.05) is 12.1 Å². The number of hydrogen-bond donors (Lipinski definition) is 1. The number of thiophene rings is 1. The van der Waals surface area contributed by atoms with E-state index in [0.29, 0.717) is 4.88 Å². The highest BCUT2D eigenvalue weighted by atomic mass is 32.1. The second-order valence-electron chi connectivity index (χ2n) is 3.91. The van der Waals surface area contributed by atoms with E-state index >= 15 is 0 Å². The van der Waals surface area contributed by atoms with Gasteiger partial charge in [-0.1, -0.05) is 24.3 Å². The first-order chi connectivity index (χ1) is 7.75. The van der Waals surface area contributed by atoms with Crippen molar-refractivity contribution in [3.63, 3.8) is 0 Å². The van der Waals surface area contributed by atoms with E-state index < -0.39 is 5.97 Å². The van der Waals surface area contributed by atoms with E-state index in [4.69, 9.17) is 5.11 Å². The molecule has 0 atom stereocenters. The van der Waals surface area contributed by atoms with Gasteiger partial charge in [0.25, 0.3) is 0 Å². The Bertz CT molecular complexity index is 569. The lowest BCUT2D eigenvalue weighted by molar-refractivity contribution is 0.0702. The van der Waals surface area contributed by atoms with Gasteiger partial charge in [-0.2, -0.15) is 0 Å². The second kappa shape index (κ2) is 3.46. The Kier molecular flexibility index (Phi) is 2.07. The van der Waals surface area contributed by atoms with Crippen LogP contribution in [0, 0.1) is 0 Å². The summed E-state index contributed by atoms with van der Waals surface area (Å²) >= 11 is 1.41. The first-order valence-corrected chi connectivity index (χ1v) is 6.01. The summed E-state index contributed by atoms with van der Waals surface area (Å²) in [5.41, 5.74) is 3.64. The predicted octanol–water partition coefficient (Wildman–Crippen LogP) is 3.21. The van der Waals surface area contributed by atoms with Crippen LogP contribution in [-0.4, -0.2) is 11.1 Å². The van der Waals surface area contributed by atoms with Gasteiger partial charge in [-0.25, -0.2) is 4.79 Å². The summed E-state index contributed by atoms with van der Waals surface area (Å²) < 4.78 is 0. The fourth-order valence-electron chi connectivity index (χ4n) is 2.20. The summed E-state index contributed by atoms with van der Waals surface area (Å²) in [5, 5.41) is 8.99. The highest BCUT2D eigenvalue weighted by Gasteiger charge is 2.20. The minimum atomic E-state index is -0.822. The van der Waals surface area contributed by atoms with Crippen molar-refractivity contribution in [1.82, 2.24) is 0 Å². The maximum Gasteiger partial charge on any atom is 0.345 e. The number of carboxylic acids is 1. The molecule has 16 heavy (non-hydrogen) atoms. The number of fused-ring (bicyclic) bond motifs is 3. The van der Waals surface area contributed by atoms with Crippen LogP contribution in [0.5, 0.6) is 0 Å². The highest BCUT2D eigenvalue weighted by Crippen LogP contribution is 2.38. The largest absolute Gasteiger partial charge is 0.477 e. The Labute approximate surface area is 97.2 Å². The minimum Gasteiger partial charge on any atom is -0.477 e. The molecule has 0 aliphatic heterocycles. The van der Waals surface area contributed by atoms with Crippen LogP contribution in [0.2, 0.25) is 0 Å². The average Bonchev–Trinajstić information content (AvgIpc) is 2.73. The number of aryl methyl sites for hydroxylation is 2. The molecule has 2 aromatic rings. The molecule has 0 amide bonds. The molecule has 80 valence electrons. The molecule has 0 saturated heterocycles. The van der Waals surface area contributed by atoms with Crippen molar-refractivity contribution in [2.45, 2.75) is 12.8 Å². The van der Waals surface area contributed by atoms with Gasteiger partial charge in [0.05, 0.1) is 0 Å². The molecule has 1 N–H and O–H groups in total. The maximum atomic E-state index is 10.9. The summed E-state index contributed by atoms with van der Waals surface area (Å²) in [4.78, 5) is 12.6. The van der Waals surface area contributed by atoms with Gasteiger partial charge in [-0.3, -0.25) is 0 Å². The Morgan fingerprint density at radius 3 is 2.81 bits per heavy atom. The number of carbonyl (C=O) groups is 1. The van der Waals surface area contributed by atoms with E-state index in [0.717, 1.165) is 18.4 Å². The van der Waals surface area contributed by atoms with Gasteiger partial charge >= 0.3 is 5.97 Å². The number of aromatic carboxylic acids is 1. The van der Waals surface area contributed by atoms with Gasteiger partial charge in [0, 0.05) is 4.88 Å². The lowest BCUT2D eigenvalue weighted by Crippen LogP contribution is -1.99. The van der Waals surface area contributed by atoms with Gasteiger partial charge in [0.1, 0.15) is 4.88 Å². The third-order valence-electron chi connectivity index (χ3n) is 2.95. The van der Waals surface area contributed by atoms with Crippen LogP contribution < -0.4 is 0 Å². The van der Waals surface area contributed by atoms with Gasteiger partial charge in [0.2, 0.25) is 0 Å². The third-order valence-corrected chi connectivity index (χ3v) is 4.13. The lowest BCUT2D eigenvalue weighted by Gasteiger charge is -2.15. The smallest absolute Gasteiger partial charge is 0.345 e. The van der Waals surface area contributed by atoms with Crippen molar-refractivity contribution in [3.05, 3.63) is 45.6 Å². The summed E-state index contributed by atoms with van der Waals surface area (Å²) in [5.74, 6) is -0.822. The molecule has 0 radical (unpaired) electrons.